The summed E-state index contributed by atoms with van der Waals surface area (Å²) >= 11 is 0. The topological polar surface area (TPSA) is 27.7 Å². The van der Waals surface area contributed by atoms with Crippen molar-refractivity contribution in [3.05, 3.63) is 29.3 Å². The van der Waals surface area contributed by atoms with Crippen molar-refractivity contribution in [2.24, 2.45) is 0 Å². The SMILES string of the molecule is CC1(C)OB(c2ccc(C3CC3)c(C3CCOC3)c2)OC1(C)C. The number of benzene rings is 1. The van der Waals surface area contributed by atoms with Crippen molar-refractivity contribution >= 4 is 12.6 Å². The lowest BCUT2D eigenvalue weighted by Crippen LogP contribution is -2.41. The lowest BCUT2D eigenvalue weighted by Gasteiger charge is -2.32. The van der Waals surface area contributed by atoms with Gasteiger partial charge in [0.2, 0.25) is 0 Å². The van der Waals surface area contributed by atoms with E-state index in [1.807, 2.05) is 0 Å². The summed E-state index contributed by atoms with van der Waals surface area (Å²) in [5.41, 5.74) is 3.57. The number of hydrogen-bond donors (Lipinski definition) is 0. The van der Waals surface area contributed by atoms with E-state index in [2.05, 4.69) is 45.9 Å². The van der Waals surface area contributed by atoms with Gasteiger partial charge in [0.05, 0.1) is 17.8 Å². The van der Waals surface area contributed by atoms with Crippen LogP contribution < -0.4 is 5.46 Å². The quantitative estimate of drug-likeness (QED) is 0.801. The minimum atomic E-state index is -0.288. The minimum Gasteiger partial charge on any atom is -0.399 e. The summed E-state index contributed by atoms with van der Waals surface area (Å²) in [4.78, 5) is 0. The molecule has 124 valence electrons. The van der Waals surface area contributed by atoms with E-state index >= 15 is 0 Å². The van der Waals surface area contributed by atoms with Crippen LogP contribution in [0.25, 0.3) is 0 Å². The van der Waals surface area contributed by atoms with Crippen molar-refractivity contribution in [3.63, 3.8) is 0 Å². The van der Waals surface area contributed by atoms with Gasteiger partial charge in [0.25, 0.3) is 0 Å². The highest BCUT2D eigenvalue weighted by atomic mass is 16.7. The molecule has 3 fully saturated rings. The Morgan fingerprint density at radius 3 is 2.17 bits per heavy atom. The maximum absolute atomic E-state index is 6.23. The zero-order valence-electron chi connectivity index (χ0n) is 14.7. The summed E-state index contributed by atoms with van der Waals surface area (Å²) in [6.07, 6.45) is 3.79. The Morgan fingerprint density at radius 1 is 0.913 bits per heavy atom. The Hall–Kier alpha value is -0.835. The molecule has 0 radical (unpaired) electrons. The van der Waals surface area contributed by atoms with Crippen LogP contribution >= 0.6 is 0 Å². The van der Waals surface area contributed by atoms with Gasteiger partial charge in [-0.1, -0.05) is 18.2 Å². The summed E-state index contributed by atoms with van der Waals surface area (Å²) in [7, 11) is -0.269. The molecule has 2 heterocycles. The third-order valence-electron chi connectivity index (χ3n) is 6.02. The average Bonchev–Trinajstić information content (AvgIpc) is 3.13. The van der Waals surface area contributed by atoms with Gasteiger partial charge in [0.1, 0.15) is 0 Å². The van der Waals surface area contributed by atoms with Crippen molar-refractivity contribution < 1.29 is 14.0 Å². The normalized spacial score (nSPS) is 29.2. The first-order chi connectivity index (χ1) is 10.9. The largest absolute Gasteiger partial charge is 0.494 e. The fraction of sp³-hybridized carbons (Fsp3) is 0.684. The van der Waals surface area contributed by atoms with E-state index in [1.54, 1.807) is 0 Å². The molecule has 0 N–H and O–H groups in total. The molecule has 1 saturated carbocycles. The van der Waals surface area contributed by atoms with E-state index in [1.165, 1.54) is 24.0 Å². The smallest absolute Gasteiger partial charge is 0.399 e. The van der Waals surface area contributed by atoms with Crippen LogP contribution in [0.2, 0.25) is 0 Å². The monoisotopic (exact) mass is 314 g/mol. The zero-order valence-corrected chi connectivity index (χ0v) is 14.7. The molecule has 0 aromatic heterocycles. The second-order valence-corrected chi connectivity index (χ2v) is 8.31. The first-order valence-electron chi connectivity index (χ1n) is 8.94. The zero-order chi connectivity index (χ0) is 16.2. The van der Waals surface area contributed by atoms with Crippen molar-refractivity contribution in [2.45, 2.75) is 70.0 Å². The second kappa shape index (κ2) is 5.33. The molecule has 0 amide bonds. The molecular weight excluding hydrogens is 287 g/mol. The molecule has 1 aromatic rings. The summed E-state index contributed by atoms with van der Waals surface area (Å²) in [5, 5.41) is 0. The molecule has 3 aliphatic rings. The lowest BCUT2D eigenvalue weighted by atomic mass is 9.75. The van der Waals surface area contributed by atoms with Gasteiger partial charge in [-0.2, -0.15) is 0 Å². The van der Waals surface area contributed by atoms with Crippen molar-refractivity contribution in [1.82, 2.24) is 0 Å². The van der Waals surface area contributed by atoms with Gasteiger partial charge in [-0.3, -0.25) is 0 Å². The third kappa shape index (κ3) is 2.75. The number of rotatable bonds is 3. The second-order valence-electron chi connectivity index (χ2n) is 8.31. The molecule has 1 atom stereocenters. The van der Waals surface area contributed by atoms with Crippen LogP contribution in [0.15, 0.2) is 18.2 Å². The first-order valence-corrected chi connectivity index (χ1v) is 8.94. The van der Waals surface area contributed by atoms with Crippen LogP contribution in [0.1, 0.15) is 69.9 Å². The van der Waals surface area contributed by atoms with E-state index < -0.39 is 0 Å². The van der Waals surface area contributed by atoms with E-state index in [0.29, 0.717) is 5.92 Å². The Balaban J connectivity index is 1.66. The van der Waals surface area contributed by atoms with Crippen LogP contribution in [0, 0.1) is 0 Å². The van der Waals surface area contributed by atoms with Crippen LogP contribution in [0.5, 0.6) is 0 Å². The van der Waals surface area contributed by atoms with Crippen LogP contribution in [-0.4, -0.2) is 31.5 Å². The summed E-state index contributed by atoms with van der Waals surface area (Å²) < 4.78 is 18.1. The van der Waals surface area contributed by atoms with E-state index in [-0.39, 0.29) is 18.3 Å². The maximum Gasteiger partial charge on any atom is 0.494 e. The molecule has 1 unspecified atom stereocenters. The Bertz CT molecular complexity index is 585. The fourth-order valence-corrected chi connectivity index (χ4v) is 3.62. The van der Waals surface area contributed by atoms with Crippen LogP contribution in [0.4, 0.5) is 0 Å². The third-order valence-corrected chi connectivity index (χ3v) is 6.02. The predicted octanol–water partition coefficient (Wildman–Crippen LogP) is 3.37. The Labute approximate surface area is 139 Å². The van der Waals surface area contributed by atoms with Gasteiger partial charge >= 0.3 is 7.12 Å². The van der Waals surface area contributed by atoms with E-state index in [0.717, 1.165) is 31.0 Å². The van der Waals surface area contributed by atoms with E-state index in [9.17, 15) is 0 Å². The molecule has 23 heavy (non-hydrogen) atoms. The number of hydrogen-bond acceptors (Lipinski definition) is 3. The van der Waals surface area contributed by atoms with Crippen molar-refractivity contribution in [3.8, 4) is 0 Å². The lowest BCUT2D eigenvalue weighted by molar-refractivity contribution is 0.00578. The summed E-state index contributed by atoms with van der Waals surface area (Å²) in [6, 6.07) is 6.84. The van der Waals surface area contributed by atoms with E-state index in [4.69, 9.17) is 14.0 Å². The van der Waals surface area contributed by atoms with Crippen LogP contribution in [-0.2, 0) is 14.0 Å². The maximum atomic E-state index is 6.23. The molecule has 4 heteroatoms. The summed E-state index contributed by atoms with van der Waals surface area (Å²) in [6.45, 7) is 10.2. The molecule has 1 aliphatic carbocycles. The minimum absolute atomic E-state index is 0.269. The highest BCUT2D eigenvalue weighted by Gasteiger charge is 2.51. The molecule has 1 aromatic carbocycles. The van der Waals surface area contributed by atoms with Gasteiger partial charge in [-0.25, -0.2) is 0 Å². The first kappa shape index (κ1) is 15.7. The standard InChI is InChI=1S/C19H27BO3/c1-18(2)19(3,4)23-20(22-18)15-7-8-16(13-5-6-13)17(11-15)14-9-10-21-12-14/h7-8,11,13-14H,5-6,9-10,12H2,1-4H3. The molecule has 4 rings (SSSR count). The molecule has 3 nitrogen and oxygen atoms in total. The molecular formula is C19H27BO3. The Kier molecular flexibility index (Phi) is 3.64. The highest BCUT2D eigenvalue weighted by molar-refractivity contribution is 6.62. The van der Waals surface area contributed by atoms with Gasteiger partial charge in [-0.05, 0) is 69.5 Å². The molecule has 2 saturated heterocycles. The molecule has 0 spiro atoms. The Morgan fingerprint density at radius 2 is 1.61 bits per heavy atom. The average molecular weight is 314 g/mol. The predicted molar refractivity (Wildman–Crippen MR) is 92.3 cm³/mol. The van der Waals surface area contributed by atoms with Crippen molar-refractivity contribution in [2.75, 3.05) is 13.2 Å². The summed E-state index contributed by atoms with van der Waals surface area (Å²) in [5.74, 6) is 1.30. The molecule has 0 bridgehead atoms. The van der Waals surface area contributed by atoms with Crippen LogP contribution in [0.3, 0.4) is 0 Å². The fourth-order valence-electron chi connectivity index (χ4n) is 3.62. The molecule has 2 aliphatic heterocycles. The van der Waals surface area contributed by atoms with Gasteiger partial charge < -0.3 is 14.0 Å². The van der Waals surface area contributed by atoms with Gasteiger partial charge in [-0.15, -0.1) is 0 Å². The van der Waals surface area contributed by atoms with Crippen molar-refractivity contribution in [1.29, 1.82) is 0 Å². The highest BCUT2D eigenvalue weighted by Crippen LogP contribution is 2.44. The van der Waals surface area contributed by atoms with Gasteiger partial charge in [0.15, 0.2) is 0 Å². The number of ether oxygens (including phenoxy) is 1. The van der Waals surface area contributed by atoms with Gasteiger partial charge in [0, 0.05) is 12.5 Å².